The zero-order chi connectivity index (χ0) is 10.8. The van der Waals surface area contributed by atoms with Crippen LogP contribution in [0.2, 0.25) is 0 Å². The van der Waals surface area contributed by atoms with Gasteiger partial charge in [-0.3, -0.25) is 14.6 Å². The van der Waals surface area contributed by atoms with E-state index in [1.54, 1.807) is 13.8 Å². The van der Waals surface area contributed by atoms with E-state index in [0.29, 0.717) is 0 Å². The number of carboxylic acid groups (broad SMARTS) is 1. The lowest BCUT2D eigenvalue weighted by Gasteiger charge is -2.19. The highest BCUT2D eigenvalue weighted by Crippen LogP contribution is 2.16. The predicted octanol–water partition coefficient (Wildman–Crippen LogP) is 0.354. The Kier molecular flexibility index (Phi) is 2.69. The number of hydrogen-bond donors (Lipinski definition) is 1. The van der Waals surface area contributed by atoms with Gasteiger partial charge in [0.25, 0.3) is 5.56 Å². The van der Waals surface area contributed by atoms with Gasteiger partial charge in [0.2, 0.25) is 0 Å². The summed E-state index contributed by atoms with van der Waals surface area (Å²) >= 11 is 0. The van der Waals surface area contributed by atoms with Crippen molar-refractivity contribution >= 4 is 5.97 Å². The molecule has 14 heavy (non-hydrogen) atoms. The molecule has 5 heteroatoms. The summed E-state index contributed by atoms with van der Waals surface area (Å²) in [5.41, 5.74) is -1.24. The van der Waals surface area contributed by atoms with E-state index in [9.17, 15) is 9.59 Å². The molecule has 1 aromatic heterocycles. The largest absolute Gasteiger partial charge is 0.481 e. The van der Waals surface area contributed by atoms with Crippen LogP contribution in [0.5, 0.6) is 0 Å². The Bertz CT molecular complexity index is 395. The van der Waals surface area contributed by atoms with Crippen molar-refractivity contribution in [2.45, 2.75) is 20.4 Å². The molecule has 1 heterocycles. The lowest BCUT2D eigenvalue weighted by molar-refractivity contribution is -0.147. The normalized spacial score (nSPS) is 11.3. The zero-order valence-electron chi connectivity index (χ0n) is 8.10. The average Bonchev–Trinajstić information content (AvgIpc) is 2.08. The third-order valence-corrected chi connectivity index (χ3v) is 1.95. The highest BCUT2D eigenvalue weighted by Gasteiger charge is 2.27. The van der Waals surface area contributed by atoms with Crippen LogP contribution < -0.4 is 5.56 Å². The Morgan fingerprint density at radius 2 is 2.29 bits per heavy atom. The second kappa shape index (κ2) is 3.61. The molecule has 1 rings (SSSR count). The van der Waals surface area contributed by atoms with Gasteiger partial charge in [0, 0.05) is 18.9 Å². The van der Waals surface area contributed by atoms with Crippen LogP contribution in [0.4, 0.5) is 0 Å². The van der Waals surface area contributed by atoms with Crippen LogP contribution >= 0.6 is 0 Å². The summed E-state index contributed by atoms with van der Waals surface area (Å²) in [5, 5.41) is 8.86. The first-order valence-corrected chi connectivity index (χ1v) is 4.17. The zero-order valence-corrected chi connectivity index (χ0v) is 8.10. The van der Waals surface area contributed by atoms with E-state index < -0.39 is 11.4 Å². The molecule has 1 N–H and O–H groups in total. The molecule has 0 atom stereocenters. The molecule has 0 fully saturated rings. The van der Waals surface area contributed by atoms with Gasteiger partial charge in [0.1, 0.15) is 0 Å². The van der Waals surface area contributed by atoms with Crippen LogP contribution in [0.1, 0.15) is 13.8 Å². The first-order chi connectivity index (χ1) is 6.43. The lowest BCUT2D eigenvalue weighted by atomic mass is 9.94. The number of aromatic nitrogens is 2. The van der Waals surface area contributed by atoms with Crippen LogP contribution in [0.25, 0.3) is 0 Å². The summed E-state index contributed by atoms with van der Waals surface area (Å²) in [4.78, 5) is 25.7. The molecular weight excluding hydrogens is 184 g/mol. The summed E-state index contributed by atoms with van der Waals surface area (Å²) in [6, 6.07) is 0. The molecule has 76 valence electrons. The smallest absolute Gasteiger partial charge is 0.310 e. The molecule has 0 saturated carbocycles. The van der Waals surface area contributed by atoms with Gasteiger partial charge in [0.15, 0.2) is 0 Å². The summed E-state index contributed by atoms with van der Waals surface area (Å²) in [5.74, 6) is -0.929. The standard InChI is InChI=1S/C9H12N2O3/c1-9(2,8(13)14)6-11-4-3-10-5-7(11)12/h3-5H,6H2,1-2H3,(H,13,14). The van der Waals surface area contributed by atoms with E-state index in [-0.39, 0.29) is 12.1 Å². The van der Waals surface area contributed by atoms with Gasteiger partial charge in [-0.05, 0) is 13.8 Å². The quantitative estimate of drug-likeness (QED) is 0.757. The SMILES string of the molecule is CC(C)(Cn1ccncc1=O)C(=O)O. The molecule has 0 radical (unpaired) electrons. The van der Waals surface area contributed by atoms with E-state index >= 15 is 0 Å². The van der Waals surface area contributed by atoms with Crippen molar-refractivity contribution < 1.29 is 9.90 Å². The first-order valence-electron chi connectivity index (χ1n) is 4.17. The van der Waals surface area contributed by atoms with E-state index in [4.69, 9.17) is 5.11 Å². The van der Waals surface area contributed by atoms with Gasteiger partial charge < -0.3 is 9.67 Å². The molecule has 5 nitrogen and oxygen atoms in total. The fourth-order valence-corrected chi connectivity index (χ4v) is 0.997. The Labute approximate surface area is 81.0 Å². The molecule has 0 aliphatic heterocycles. The van der Waals surface area contributed by atoms with Crippen molar-refractivity contribution in [3.8, 4) is 0 Å². The molecule has 1 aromatic rings. The second-order valence-corrected chi connectivity index (χ2v) is 3.73. The lowest BCUT2D eigenvalue weighted by Crippen LogP contribution is -2.33. The number of rotatable bonds is 3. The molecule has 0 aliphatic rings. The maximum absolute atomic E-state index is 11.2. The second-order valence-electron chi connectivity index (χ2n) is 3.73. The van der Waals surface area contributed by atoms with E-state index in [1.165, 1.54) is 17.0 Å². The molecule has 0 bridgehead atoms. The molecule has 0 spiro atoms. The van der Waals surface area contributed by atoms with Gasteiger partial charge in [0.05, 0.1) is 11.6 Å². The first kappa shape index (κ1) is 10.4. The molecule has 0 saturated heterocycles. The molecule has 0 amide bonds. The molecule has 0 unspecified atom stereocenters. The van der Waals surface area contributed by atoms with Crippen molar-refractivity contribution in [2.75, 3.05) is 0 Å². The third kappa shape index (κ3) is 2.18. The predicted molar refractivity (Wildman–Crippen MR) is 49.9 cm³/mol. The van der Waals surface area contributed by atoms with E-state index in [0.717, 1.165) is 6.20 Å². The van der Waals surface area contributed by atoms with Crippen LogP contribution in [0.15, 0.2) is 23.4 Å². The van der Waals surface area contributed by atoms with Crippen molar-refractivity contribution in [2.24, 2.45) is 5.41 Å². The van der Waals surface area contributed by atoms with Crippen molar-refractivity contribution in [1.82, 2.24) is 9.55 Å². The van der Waals surface area contributed by atoms with Gasteiger partial charge >= 0.3 is 5.97 Å². The fraction of sp³-hybridized carbons (Fsp3) is 0.444. The Balaban J connectivity index is 2.95. The minimum Gasteiger partial charge on any atom is -0.481 e. The Morgan fingerprint density at radius 3 is 2.79 bits per heavy atom. The summed E-state index contributed by atoms with van der Waals surface area (Å²) < 4.78 is 1.33. The average molecular weight is 196 g/mol. The number of carbonyl (C=O) groups is 1. The summed E-state index contributed by atoms with van der Waals surface area (Å²) in [6.07, 6.45) is 4.10. The maximum atomic E-state index is 11.2. The van der Waals surface area contributed by atoms with Gasteiger partial charge in [-0.25, -0.2) is 0 Å². The third-order valence-electron chi connectivity index (χ3n) is 1.95. The van der Waals surface area contributed by atoms with Crippen molar-refractivity contribution in [3.05, 3.63) is 28.9 Å². The number of carboxylic acids is 1. The van der Waals surface area contributed by atoms with Gasteiger partial charge in [-0.1, -0.05) is 0 Å². The van der Waals surface area contributed by atoms with E-state index in [2.05, 4.69) is 4.98 Å². The summed E-state index contributed by atoms with van der Waals surface area (Å²) in [7, 11) is 0. The number of nitrogens with zero attached hydrogens (tertiary/aromatic N) is 2. The monoisotopic (exact) mass is 196 g/mol. The Morgan fingerprint density at radius 1 is 1.64 bits per heavy atom. The molecule has 0 aromatic carbocycles. The van der Waals surface area contributed by atoms with Crippen LogP contribution in [-0.2, 0) is 11.3 Å². The van der Waals surface area contributed by atoms with Crippen LogP contribution in [0, 0.1) is 5.41 Å². The van der Waals surface area contributed by atoms with Gasteiger partial charge in [-0.2, -0.15) is 0 Å². The number of aliphatic carboxylic acids is 1. The fourth-order valence-electron chi connectivity index (χ4n) is 0.997. The minimum atomic E-state index is -0.953. The minimum absolute atomic E-state index is 0.143. The van der Waals surface area contributed by atoms with Crippen molar-refractivity contribution in [1.29, 1.82) is 0 Å². The van der Waals surface area contributed by atoms with Crippen LogP contribution in [-0.4, -0.2) is 20.6 Å². The van der Waals surface area contributed by atoms with Crippen LogP contribution in [0.3, 0.4) is 0 Å². The Hall–Kier alpha value is -1.65. The van der Waals surface area contributed by atoms with Crippen molar-refractivity contribution in [3.63, 3.8) is 0 Å². The number of hydrogen-bond acceptors (Lipinski definition) is 3. The molecule has 0 aliphatic carbocycles. The van der Waals surface area contributed by atoms with E-state index in [1.807, 2.05) is 0 Å². The highest BCUT2D eigenvalue weighted by atomic mass is 16.4. The van der Waals surface area contributed by atoms with Gasteiger partial charge in [-0.15, -0.1) is 0 Å². The maximum Gasteiger partial charge on any atom is 0.310 e. The molecular formula is C9H12N2O3. The highest BCUT2D eigenvalue weighted by molar-refractivity contribution is 5.73. The summed E-state index contributed by atoms with van der Waals surface area (Å²) in [6.45, 7) is 3.29. The topological polar surface area (TPSA) is 72.2 Å².